The average molecular weight is 461 g/mol. The van der Waals surface area contributed by atoms with Crippen LogP contribution in [0.4, 0.5) is 5.69 Å². The second-order valence-corrected chi connectivity index (χ2v) is 7.13. The van der Waals surface area contributed by atoms with E-state index in [1.165, 1.54) is 5.69 Å². The number of hydrogen-bond donors (Lipinski definition) is 2. The first kappa shape index (κ1) is 22.8. The van der Waals surface area contributed by atoms with Crippen LogP contribution in [0.15, 0.2) is 59.1 Å². The van der Waals surface area contributed by atoms with Crippen LogP contribution in [0, 0.1) is 0 Å². The van der Waals surface area contributed by atoms with Crippen molar-refractivity contribution < 1.29 is 4.79 Å². The molecule has 0 spiro atoms. The fourth-order valence-corrected chi connectivity index (χ4v) is 3.30. The zero-order valence-corrected chi connectivity index (χ0v) is 17.5. The molecule has 0 radical (unpaired) electrons. The predicted molar refractivity (Wildman–Crippen MR) is 116 cm³/mol. The molecule has 0 saturated carbocycles. The number of rotatable bonds is 5. The molecule has 1 fully saturated rings. The van der Waals surface area contributed by atoms with Gasteiger partial charge in [0.2, 0.25) is 5.91 Å². The molecule has 0 bridgehead atoms. The third-order valence-corrected chi connectivity index (χ3v) is 4.89. The molecule has 1 aliphatic heterocycles. The van der Waals surface area contributed by atoms with Crippen molar-refractivity contribution in [2.75, 3.05) is 18.0 Å². The highest BCUT2D eigenvalue weighted by molar-refractivity contribution is 9.10. The Morgan fingerprint density at radius 3 is 2.46 bits per heavy atom. The molecule has 1 heterocycles. The summed E-state index contributed by atoms with van der Waals surface area (Å²) in [5.74, 6) is -0.0680. The maximum absolute atomic E-state index is 12.3. The zero-order chi connectivity index (χ0) is 16.9. The maximum atomic E-state index is 12.3. The van der Waals surface area contributed by atoms with Gasteiger partial charge in [-0.05, 0) is 42.7 Å². The number of nitrogens with one attached hydrogen (secondary N) is 1. The van der Waals surface area contributed by atoms with Gasteiger partial charge in [-0.15, -0.1) is 24.8 Å². The monoisotopic (exact) mass is 459 g/mol. The number of carbonyl (C=O) groups is 1. The lowest BCUT2D eigenvalue weighted by Gasteiger charge is -2.20. The van der Waals surface area contributed by atoms with Gasteiger partial charge in [-0.3, -0.25) is 4.79 Å². The van der Waals surface area contributed by atoms with Gasteiger partial charge in [-0.1, -0.05) is 46.3 Å². The van der Waals surface area contributed by atoms with Crippen LogP contribution in [0.3, 0.4) is 0 Å². The number of nitrogens with zero attached hydrogens (tertiary/aromatic N) is 1. The first-order chi connectivity index (χ1) is 11.6. The van der Waals surface area contributed by atoms with E-state index in [1.54, 1.807) is 0 Å². The lowest BCUT2D eigenvalue weighted by atomic mass is 10.1. The number of benzene rings is 2. The Morgan fingerprint density at radius 2 is 1.81 bits per heavy atom. The highest BCUT2D eigenvalue weighted by atomic mass is 79.9. The van der Waals surface area contributed by atoms with Crippen LogP contribution in [-0.2, 0) is 11.2 Å². The molecule has 142 valence electrons. The van der Waals surface area contributed by atoms with Crippen molar-refractivity contribution in [1.82, 2.24) is 5.32 Å². The van der Waals surface area contributed by atoms with E-state index in [4.69, 9.17) is 5.73 Å². The van der Waals surface area contributed by atoms with E-state index in [0.29, 0.717) is 6.42 Å². The van der Waals surface area contributed by atoms with Gasteiger partial charge in [0, 0.05) is 29.3 Å². The summed E-state index contributed by atoms with van der Waals surface area (Å²) in [5, 5.41) is 3.10. The summed E-state index contributed by atoms with van der Waals surface area (Å²) in [4.78, 5) is 14.6. The van der Waals surface area contributed by atoms with Gasteiger partial charge in [-0.25, -0.2) is 0 Å². The summed E-state index contributed by atoms with van der Waals surface area (Å²) in [7, 11) is 0. The van der Waals surface area contributed by atoms with Gasteiger partial charge in [-0.2, -0.15) is 0 Å². The number of halogens is 3. The molecule has 4 nitrogen and oxygen atoms in total. The number of amides is 1. The number of anilines is 1. The summed E-state index contributed by atoms with van der Waals surface area (Å²) in [5.41, 5.74) is 8.33. The maximum Gasteiger partial charge on any atom is 0.237 e. The lowest BCUT2D eigenvalue weighted by Crippen LogP contribution is -2.47. The zero-order valence-electron chi connectivity index (χ0n) is 14.3. The topological polar surface area (TPSA) is 58.4 Å². The third-order valence-electron chi connectivity index (χ3n) is 4.36. The average Bonchev–Trinajstić information content (AvgIpc) is 3.05. The summed E-state index contributed by atoms with van der Waals surface area (Å²) in [6.07, 6.45) is 1.51. The highest BCUT2D eigenvalue weighted by Gasteiger charge is 2.25. The minimum Gasteiger partial charge on any atom is -0.369 e. The number of carbonyl (C=O) groups excluding carboxylic acids is 1. The minimum absolute atomic E-state index is 0. The molecule has 1 amide bonds. The largest absolute Gasteiger partial charge is 0.369 e. The van der Waals surface area contributed by atoms with E-state index in [9.17, 15) is 4.79 Å². The Bertz CT molecular complexity index is 685. The van der Waals surface area contributed by atoms with Crippen molar-refractivity contribution in [2.24, 2.45) is 5.73 Å². The fraction of sp³-hybridized carbons (Fsp3) is 0.316. The van der Waals surface area contributed by atoms with Crippen LogP contribution in [0.2, 0.25) is 0 Å². The van der Waals surface area contributed by atoms with Crippen LogP contribution in [-0.4, -0.2) is 31.1 Å². The highest BCUT2D eigenvalue weighted by Crippen LogP contribution is 2.22. The fourth-order valence-electron chi connectivity index (χ4n) is 3.03. The van der Waals surface area contributed by atoms with E-state index in [2.05, 4.69) is 38.3 Å². The van der Waals surface area contributed by atoms with Gasteiger partial charge < -0.3 is 16.0 Å². The summed E-state index contributed by atoms with van der Waals surface area (Å²) in [6.45, 7) is 1.77. The molecule has 1 aliphatic rings. The van der Waals surface area contributed by atoms with Crippen LogP contribution >= 0.6 is 40.7 Å². The minimum atomic E-state index is -0.505. The van der Waals surface area contributed by atoms with Gasteiger partial charge in [0.15, 0.2) is 0 Å². The van der Waals surface area contributed by atoms with E-state index in [1.807, 2.05) is 42.5 Å². The van der Waals surface area contributed by atoms with Crippen LogP contribution in [0.25, 0.3) is 0 Å². The molecular weight excluding hydrogens is 437 g/mol. The number of hydrogen-bond acceptors (Lipinski definition) is 3. The van der Waals surface area contributed by atoms with E-state index < -0.39 is 6.04 Å². The lowest BCUT2D eigenvalue weighted by molar-refractivity contribution is -0.122. The Morgan fingerprint density at radius 1 is 1.15 bits per heavy atom. The van der Waals surface area contributed by atoms with Gasteiger partial charge >= 0.3 is 0 Å². The van der Waals surface area contributed by atoms with Crippen molar-refractivity contribution in [3.05, 3.63) is 64.6 Å². The van der Waals surface area contributed by atoms with E-state index >= 15 is 0 Å². The molecule has 2 aromatic rings. The Kier molecular flexibility index (Phi) is 9.44. The van der Waals surface area contributed by atoms with Gasteiger partial charge in [0.1, 0.15) is 0 Å². The second kappa shape index (κ2) is 10.8. The molecule has 26 heavy (non-hydrogen) atoms. The van der Waals surface area contributed by atoms with Crippen molar-refractivity contribution in [3.8, 4) is 0 Å². The van der Waals surface area contributed by atoms with Crippen LogP contribution < -0.4 is 16.0 Å². The predicted octanol–water partition coefficient (Wildman–Crippen LogP) is 3.56. The Hall–Kier alpha value is -1.27. The Balaban J connectivity index is 0.00000169. The number of nitrogens with two attached hydrogens (primary N) is 1. The molecule has 3 rings (SSSR count). The van der Waals surface area contributed by atoms with E-state index in [-0.39, 0.29) is 36.8 Å². The molecule has 2 unspecified atom stereocenters. The molecule has 3 N–H and O–H groups in total. The summed E-state index contributed by atoms with van der Waals surface area (Å²) < 4.78 is 1.07. The molecular formula is C19H24BrCl2N3O. The van der Waals surface area contributed by atoms with E-state index in [0.717, 1.165) is 29.5 Å². The second-order valence-electron chi connectivity index (χ2n) is 6.21. The van der Waals surface area contributed by atoms with Gasteiger partial charge in [0.25, 0.3) is 0 Å². The third kappa shape index (κ3) is 6.16. The molecule has 7 heteroatoms. The molecule has 0 aliphatic carbocycles. The Labute approximate surface area is 175 Å². The van der Waals surface area contributed by atoms with Crippen molar-refractivity contribution in [1.29, 1.82) is 0 Å². The molecule has 1 saturated heterocycles. The smallest absolute Gasteiger partial charge is 0.237 e. The molecule has 0 aromatic heterocycles. The van der Waals surface area contributed by atoms with Crippen LogP contribution in [0.5, 0.6) is 0 Å². The first-order valence-corrected chi connectivity index (χ1v) is 9.01. The summed E-state index contributed by atoms with van der Waals surface area (Å²) >= 11 is 3.45. The van der Waals surface area contributed by atoms with Crippen LogP contribution in [0.1, 0.15) is 12.0 Å². The van der Waals surface area contributed by atoms with Gasteiger partial charge in [0.05, 0.1) is 6.04 Å². The molecule has 2 aromatic carbocycles. The summed E-state index contributed by atoms with van der Waals surface area (Å²) in [6, 6.07) is 17.8. The quantitative estimate of drug-likeness (QED) is 0.717. The molecule has 2 atom stereocenters. The normalized spacial score (nSPS) is 17.0. The first-order valence-electron chi connectivity index (χ1n) is 8.22. The van der Waals surface area contributed by atoms with Crippen molar-refractivity contribution >= 4 is 52.3 Å². The SMILES string of the molecule is Cl.Cl.NC(Cc1ccccc1)C(=O)NC1CCN(c2ccc(Br)cc2)C1. The van der Waals surface area contributed by atoms with Crippen molar-refractivity contribution in [2.45, 2.75) is 24.9 Å². The standard InChI is InChI=1S/C19H22BrN3O.2ClH/c20-15-6-8-17(9-7-15)23-11-10-16(13-23)22-19(24)18(21)12-14-4-2-1-3-5-14;;/h1-9,16,18H,10-13,21H2,(H,22,24);2*1H. The van der Waals surface area contributed by atoms with Crippen molar-refractivity contribution in [3.63, 3.8) is 0 Å².